The van der Waals surface area contributed by atoms with Crippen molar-refractivity contribution in [2.75, 3.05) is 84.7 Å². The smallest absolute Gasteiger partial charge is 0.315 e. The lowest BCUT2D eigenvalue weighted by atomic mass is 9.95. The van der Waals surface area contributed by atoms with E-state index in [1.54, 1.807) is 18.5 Å². The van der Waals surface area contributed by atoms with Crippen molar-refractivity contribution < 1.29 is 116 Å². The third-order valence-electron chi connectivity index (χ3n) is 25.4. The number of fused-ring (bicyclic) bond motifs is 6. The normalized spacial score (nSPS) is 24.8. The van der Waals surface area contributed by atoms with Crippen molar-refractivity contribution in [3.8, 4) is 0 Å². The van der Waals surface area contributed by atoms with E-state index in [1.165, 1.54) is 33.6 Å². The zero-order valence-electron chi connectivity index (χ0n) is 83.6. The van der Waals surface area contributed by atoms with Crippen LogP contribution in [0.4, 0.5) is 4.79 Å². The second kappa shape index (κ2) is 63.3. The molecule has 17 atom stereocenters. The highest BCUT2D eigenvalue weighted by atomic mass is 32.2. The summed E-state index contributed by atoms with van der Waals surface area (Å²) in [6.07, 6.45) is 5.50. The summed E-state index contributed by atoms with van der Waals surface area (Å²) in [5.41, 5.74) is 29.1. The first kappa shape index (κ1) is 120. The van der Waals surface area contributed by atoms with E-state index in [4.69, 9.17) is 53.7 Å². The number of nitrogens with two attached hydrogens (primary N) is 5. The van der Waals surface area contributed by atoms with Gasteiger partial charge in [-0.1, -0.05) is 16.8 Å². The Hall–Kier alpha value is -13.5. The number of aromatic nitrogens is 7. The van der Waals surface area contributed by atoms with Crippen LogP contribution in [0.5, 0.6) is 0 Å². The van der Waals surface area contributed by atoms with Crippen LogP contribution in [0.3, 0.4) is 0 Å². The summed E-state index contributed by atoms with van der Waals surface area (Å²) >= 11 is 1.83. The van der Waals surface area contributed by atoms with Crippen LogP contribution in [0.15, 0.2) is 30.9 Å². The molecular weight excluding hydrogens is 1960 g/mol. The topological polar surface area (TPSA) is 843 Å². The van der Waals surface area contributed by atoms with Gasteiger partial charge in [-0.2, -0.15) is 11.8 Å². The highest BCUT2D eigenvalue weighted by Gasteiger charge is 2.44. The summed E-state index contributed by atoms with van der Waals surface area (Å²) in [7, 11) is 0. The number of aliphatic hydroxyl groups excluding tert-OH is 2. The largest absolute Gasteiger partial charge is 0.394 e. The fraction of sp³-hybridized carbons (Fsp3) is 0.685. The Morgan fingerprint density at radius 1 is 0.541 bits per heavy atom. The van der Waals surface area contributed by atoms with Gasteiger partial charge in [0, 0.05) is 133 Å². The predicted octanol–water partition coefficient (Wildman–Crippen LogP) is -8.12. The van der Waals surface area contributed by atoms with Crippen molar-refractivity contribution in [3.05, 3.63) is 47.8 Å². The highest BCUT2D eigenvalue weighted by molar-refractivity contribution is 8.00. The zero-order valence-corrected chi connectivity index (χ0v) is 84.4. The summed E-state index contributed by atoms with van der Waals surface area (Å²) in [5, 5.41) is 96.3. The number of hydrogen-bond donors (Lipinski definition) is 26. The van der Waals surface area contributed by atoms with Gasteiger partial charge in [-0.05, 0) is 154 Å². The first-order chi connectivity index (χ1) is 70.8. The second-order valence-corrected chi connectivity index (χ2v) is 38.6. The van der Waals surface area contributed by atoms with Gasteiger partial charge in [0.05, 0.1) is 81.1 Å². The minimum absolute atomic E-state index is 0.00306. The van der Waals surface area contributed by atoms with Gasteiger partial charge in [0.15, 0.2) is 23.5 Å². The molecule has 55 nitrogen and oxygen atoms in total. The van der Waals surface area contributed by atoms with Crippen molar-refractivity contribution in [1.82, 2.24) is 125 Å². The molecule has 3 fully saturated rings. The van der Waals surface area contributed by atoms with E-state index in [2.05, 4.69) is 111 Å². The molecule has 56 heteroatoms. The Bertz CT molecular complexity index is 4970. The Morgan fingerprint density at radius 2 is 1.11 bits per heavy atom. The molecule has 2 unspecified atom stereocenters. The molecule has 0 radical (unpaired) electrons. The van der Waals surface area contributed by atoms with Gasteiger partial charge < -0.3 is 148 Å². The number of primary amides is 2. The molecule has 31 N–H and O–H groups in total. The lowest BCUT2D eigenvalue weighted by molar-refractivity contribution is -0.140. The van der Waals surface area contributed by atoms with Crippen LogP contribution < -0.4 is 114 Å². The van der Waals surface area contributed by atoms with Crippen LogP contribution in [-0.2, 0) is 133 Å². The maximum atomic E-state index is 15.0. The van der Waals surface area contributed by atoms with Crippen molar-refractivity contribution in [2.45, 2.75) is 309 Å². The fourth-order valence-corrected chi connectivity index (χ4v) is 18.8. The van der Waals surface area contributed by atoms with Crippen LogP contribution in [-0.4, -0.2) is 355 Å². The van der Waals surface area contributed by atoms with Crippen LogP contribution in [0.25, 0.3) is 0 Å². The Kier molecular flexibility index (Phi) is 51.2. The number of guanidine groups is 2. The molecule has 0 aromatic carbocycles. The number of carbonyl (C=O) groups excluding carboxylic acids is 19. The predicted molar refractivity (Wildman–Crippen MR) is 530 cm³/mol. The molecule has 17 amide bonds. The number of aryl methyl sites for hydroxylation is 2. The minimum atomic E-state index is -1.94. The molecule has 3 aromatic rings. The summed E-state index contributed by atoms with van der Waals surface area (Å²) in [6.45, 7) is 1.07. The summed E-state index contributed by atoms with van der Waals surface area (Å²) in [5.74, 6) is -16.9. The maximum Gasteiger partial charge on any atom is 0.315 e. The number of aliphatic hydroxyl groups is 2. The number of aromatic amines is 1. The van der Waals surface area contributed by atoms with Crippen LogP contribution in [0.2, 0.25) is 0 Å². The van der Waals surface area contributed by atoms with Gasteiger partial charge in [-0.15, -0.1) is 10.2 Å². The minimum Gasteiger partial charge on any atom is -0.394 e. The number of hydrogen-bond acceptors (Lipinski definition) is 32. The van der Waals surface area contributed by atoms with Crippen LogP contribution >= 0.6 is 11.8 Å². The van der Waals surface area contributed by atoms with Gasteiger partial charge in [0.25, 0.3) is 0 Å². The fourth-order valence-electron chi connectivity index (χ4n) is 17.3. The van der Waals surface area contributed by atoms with Crippen molar-refractivity contribution >= 4 is 136 Å². The number of rotatable bonds is 44. The number of amides is 17. The van der Waals surface area contributed by atoms with E-state index < -0.39 is 255 Å². The molecule has 0 saturated carbocycles. The van der Waals surface area contributed by atoms with E-state index in [-0.39, 0.29) is 197 Å². The Labute approximate surface area is 859 Å². The second-order valence-electron chi connectivity index (χ2n) is 37.3. The van der Waals surface area contributed by atoms with E-state index >= 15 is 4.79 Å². The lowest BCUT2D eigenvalue weighted by Crippen LogP contribution is -2.61. The highest BCUT2D eigenvalue weighted by Crippen LogP contribution is 2.34. The average Bonchev–Trinajstić information content (AvgIpc) is 1.66. The number of H-pyrrole nitrogens is 1. The summed E-state index contributed by atoms with van der Waals surface area (Å²) < 4.78 is 19.8. The number of nitrogens with zero attached hydrogens (tertiary/aromatic N) is 7. The van der Waals surface area contributed by atoms with Gasteiger partial charge >= 0.3 is 6.03 Å². The number of thioether (sulfide) groups is 1. The van der Waals surface area contributed by atoms with Crippen LogP contribution in [0, 0.1) is 16.7 Å². The third kappa shape index (κ3) is 42.0. The molecule has 3 aromatic heterocycles. The van der Waals surface area contributed by atoms with Gasteiger partial charge in [0.2, 0.25) is 88.6 Å². The first-order valence-electron chi connectivity index (χ1n) is 50.4. The van der Waals surface area contributed by atoms with Crippen molar-refractivity contribution in [3.63, 3.8) is 0 Å². The monoisotopic (exact) mass is 2100 g/mol. The van der Waals surface area contributed by atoms with Gasteiger partial charge in [0.1, 0.15) is 78.9 Å². The maximum absolute atomic E-state index is 15.0. The Balaban J connectivity index is 1.01. The van der Waals surface area contributed by atoms with E-state index in [1.807, 2.05) is 11.8 Å². The van der Waals surface area contributed by atoms with Crippen molar-refractivity contribution in [2.24, 2.45) is 34.6 Å². The van der Waals surface area contributed by atoms with E-state index in [0.717, 1.165) is 31.9 Å². The van der Waals surface area contributed by atoms with E-state index in [0.29, 0.717) is 49.5 Å². The lowest BCUT2D eigenvalue weighted by Gasteiger charge is -2.27. The number of Topliss-reactive ketones (excluding diaryl/α,β-unsaturated/α-hetero) is 3. The standard InChI is InChI=1S/C92H147N31O24S/c1-52-79(133)115-76(53(2)125)89(143)113-68(49-124)87(141)106-60(71(128)25-27-74(130)105-67-44-57-48-122(120-118-57)34-10-7-18-61(78(95)132)107-88(142)70-22-13-35-123(70)75(131)46-103-81(135)66(41-54-28-32-100-45-54)112-84(138)62(19-5-8-29-93)109-85(139)65(111-86(67)140)24-26-73(94)129)17-6-9-33-121-47-56(117-119-121)42-55(80(134)108-64(21-12-31-102-91(98)99)83(137)110-63(82(136)104-52)20-11-30-101-90(96)97)43-59(127)50-147-40-39-146-38-37-145-36-14-16-58(126)15-3-4-23-72-77-69(51-148-72)114-92(144)116-77/h28,32,45,47-48,52-53,55,60-70,72,76-77,100,124-125H,3-27,29-31,33-44,46,49-51,93H2,1-2H3,(H2,94,129)(H2,95,132)(H,103,135)(H,104,136)(H,105,130)(H,106,141)(H,107,142)(H,108,134)(H,109,139)(H,110,137)(H,111,140)(H,112,138)(H,113,143)(H,115,133)(H4,96,97,101)(H4,98,99,102)(H2,114,116,144)/t52-,53?,55+,60-,61-,62-,63-,64-,65-,66-,67-,68-,69+,70-,72?,76-,77+/m0/s1. The molecule has 5 aliphatic rings. The molecule has 3 saturated heterocycles. The number of carbonyl (C=O) groups is 19. The molecule has 0 aliphatic carbocycles. The van der Waals surface area contributed by atoms with Gasteiger partial charge in [-0.3, -0.25) is 106 Å². The molecule has 820 valence electrons. The number of unbranched alkanes of at least 4 members (excludes halogenated alkanes) is 2. The average molecular weight is 2100 g/mol. The quantitative estimate of drug-likeness (QED) is 0.0108. The molecular formula is C92H147N31O24S. The Morgan fingerprint density at radius 3 is 1.72 bits per heavy atom. The number of ether oxygens (including phenoxy) is 3. The number of nitrogens with one attached hydrogen (secondary N) is 19. The number of ketones is 3. The SMILES string of the molecule is CC(O)[C@@H]1NC(=O)[C@H](C)NC(=O)[C@H](CCCNC(=N)N)NC(=O)[C@H](CCCNC(=N)N)NC(=O)[C@@H](CC(=O)COCCOCCOCCCC(=O)CCCCC2SC[C@H]3NC(=O)N[C@@H]23)Cc2cn(nn2)CCCC[C@@H](C(=O)CCC(=O)N[C@H]2Cc3cn(nn3)CCCC[C@@H](C(N)=O)NC(=O)[C@@H]3CCCN3C(=O)CNC(=O)[C@H](Cc3cc[nH]c3)NC(=O)[C@H](CCCCN)NC(=O)[C@H](CCC(N)=O)NC2=O)NC(=O)[C@H](CO)NC1=O. The molecule has 8 heterocycles. The number of urea groups is 1. The van der Waals surface area contributed by atoms with Crippen molar-refractivity contribution in [1.29, 1.82) is 10.8 Å². The molecule has 5 aliphatic heterocycles. The summed E-state index contributed by atoms with van der Waals surface area (Å²) in [6, 6.07) is -16.9. The van der Waals surface area contributed by atoms with Gasteiger partial charge in [-0.25, -0.2) is 4.79 Å². The molecule has 8 rings (SSSR count). The van der Waals surface area contributed by atoms with Crippen LogP contribution in [0.1, 0.15) is 198 Å². The molecule has 0 spiro atoms. The molecule has 4 bridgehead atoms. The first-order valence-corrected chi connectivity index (χ1v) is 51.4. The third-order valence-corrected chi connectivity index (χ3v) is 26.9. The zero-order chi connectivity index (χ0) is 108. The van der Waals surface area contributed by atoms with E-state index in [9.17, 15) is 96.5 Å². The molecule has 148 heavy (non-hydrogen) atoms. The summed E-state index contributed by atoms with van der Waals surface area (Å²) in [4.78, 5) is 271.